The van der Waals surface area contributed by atoms with E-state index < -0.39 is 0 Å². The predicted molar refractivity (Wildman–Crippen MR) is 134 cm³/mol. The predicted octanol–water partition coefficient (Wildman–Crippen LogP) is 5.01. The average Bonchev–Trinajstić information content (AvgIpc) is 3.54. The zero-order valence-electron chi connectivity index (χ0n) is 20.6. The van der Waals surface area contributed by atoms with Crippen LogP contribution >= 0.6 is 0 Å². The SMILES string of the molecule is CCOCCCN(CC(=O)N(Cc1ccc(F)cc1)Cc1ccco1)C(=O)C1CC1c1ccccc1. The summed E-state index contributed by atoms with van der Waals surface area (Å²) in [7, 11) is 0. The fraction of sp³-hybridized carbons (Fsp3) is 0.379. The van der Waals surface area contributed by atoms with Gasteiger partial charge in [0, 0.05) is 32.2 Å². The maximum atomic E-state index is 13.5. The van der Waals surface area contributed by atoms with Gasteiger partial charge < -0.3 is 19.0 Å². The van der Waals surface area contributed by atoms with Gasteiger partial charge in [-0.05, 0) is 61.1 Å². The first-order chi connectivity index (χ1) is 17.5. The molecule has 6 nitrogen and oxygen atoms in total. The van der Waals surface area contributed by atoms with E-state index in [0.717, 1.165) is 17.5 Å². The molecule has 2 atom stereocenters. The van der Waals surface area contributed by atoms with Crippen molar-refractivity contribution in [1.82, 2.24) is 9.80 Å². The summed E-state index contributed by atoms with van der Waals surface area (Å²) in [6.07, 6.45) is 3.02. The number of furan rings is 1. The number of benzene rings is 2. The molecule has 3 aromatic rings. The lowest BCUT2D eigenvalue weighted by atomic mass is 10.1. The van der Waals surface area contributed by atoms with E-state index in [1.807, 2.05) is 31.2 Å². The van der Waals surface area contributed by atoms with Crippen LogP contribution in [0.1, 0.15) is 42.6 Å². The number of carbonyl (C=O) groups is 2. The highest BCUT2D eigenvalue weighted by molar-refractivity contribution is 5.88. The molecule has 0 bridgehead atoms. The molecule has 1 fully saturated rings. The number of hydrogen-bond donors (Lipinski definition) is 0. The maximum Gasteiger partial charge on any atom is 0.242 e. The third kappa shape index (κ3) is 7.04. The maximum absolute atomic E-state index is 13.5. The lowest BCUT2D eigenvalue weighted by Crippen LogP contribution is -2.43. The fourth-order valence-corrected chi connectivity index (χ4v) is 4.44. The van der Waals surface area contributed by atoms with Crippen LogP contribution in [0.5, 0.6) is 0 Å². The Labute approximate surface area is 211 Å². The zero-order valence-corrected chi connectivity index (χ0v) is 20.6. The molecule has 1 aromatic heterocycles. The van der Waals surface area contributed by atoms with Crippen LogP contribution in [-0.4, -0.2) is 47.9 Å². The van der Waals surface area contributed by atoms with Crippen LogP contribution in [0.4, 0.5) is 4.39 Å². The highest BCUT2D eigenvalue weighted by atomic mass is 19.1. The van der Waals surface area contributed by atoms with E-state index in [1.165, 1.54) is 12.1 Å². The quantitative estimate of drug-likeness (QED) is 0.315. The molecular weight excluding hydrogens is 459 g/mol. The van der Waals surface area contributed by atoms with E-state index >= 15 is 0 Å². The minimum Gasteiger partial charge on any atom is -0.467 e. The Hall–Kier alpha value is -3.45. The van der Waals surface area contributed by atoms with Gasteiger partial charge in [-0.25, -0.2) is 4.39 Å². The summed E-state index contributed by atoms with van der Waals surface area (Å²) in [5, 5.41) is 0. The number of ether oxygens (including phenoxy) is 1. The van der Waals surface area contributed by atoms with Gasteiger partial charge in [0.1, 0.15) is 11.6 Å². The third-order valence-electron chi connectivity index (χ3n) is 6.46. The van der Waals surface area contributed by atoms with Crippen LogP contribution < -0.4 is 0 Å². The number of rotatable bonds is 13. The van der Waals surface area contributed by atoms with Crippen molar-refractivity contribution < 1.29 is 23.1 Å². The lowest BCUT2D eigenvalue weighted by Gasteiger charge is -2.28. The van der Waals surface area contributed by atoms with Gasteiger partial charge in [-0.15, -0.1) is 0 Å². The molecule has 1 aliphatic carbocycles. The first-order valence-electron chi connectivity index (χ1n) is 12.5. The molecule has 190 valence electrons. The molecule has 2 amide bonds. The van der Waals surface area contributed by atoms with Crippen molar-refractivity contribution in [2.24, 2.45) is 5.92 Å². The Bertz CT molecular complexity index is 1100. The van der Waals surface area contributed by atoms with E-state index in [1.54, 1.807) is 34.3 Å². The minimum absolute atomic E-state index is 0.00781. The Balaban J connectivity index is 1.46. The topological polar surface area (TPSA) is 63.0 Å². The largest absolute Gasteiger partial charge is 0.467 e. The Morgan fingerprint density at radius 2 is 1.78 bits per heavy atom. The van der Waals surface area contributed by atoms with Crippen molar-refractivity contribution in [3.05, 3.63) is 95.7 Å². The number of nitrogens with zero attached hydrogens (tertiary/aromatic N) is 2. The Kier molecular flexibility index (Phi) is 8.90. The Morgan fingerprint density at radius 3 is 2.47 bits per heavy atom. The summed E-state index contributed by atoms with van der Waals surface area (Å²) in [5.74, 6) is 0.229. The molecule has 0 aliphatic heterocycles. The fourth-order valence-electron chi connectivity index (χ4n) is 4.44. The Morgan fingerprint density at radius 1 is 1.00 bits per heavy atom. The van der Waals surface area contributed by atoms with Crippen molar-refractivity contribution in [3.8, 4) is 0 Å². The molecule has 36 heavy (non-hydrogen) atoms. The molecule has 0 radical (unpaired) electrons. The van der Waals surface area contributed by atoms with Gasteiger partial charge in [-0.1, -0.05) is 42.5 Å². The van der Waals surface area contributed by atoms with Crippen LogP contribution in [0.15, 0.2) is 77.4 Å². The molecule has 1 saturated carbocycles. The van der Waals surface area contributed by atoms with Gasteiger partial charge in [-0.3, -0.25) is 9.59 Å². The summed E-state index contributed by atoms with van der Waals surface area (Å²) >= 11 is 0. The van der Waals surface area contributed by atoms with Gasteiger partial charge in [0.25, 0.3) is 0 Å². The van der Waals surface area contributed by atoms with Crippen LogP contribution in [0.25, 0.3) is 0 Å². The van der Waals surface area contributed by atoms with Gasteiger partial charge in [-0.2, -0.15) is 0 Å². The van der Waals surface area contributed by atoms with Crippen molar-refractivity contribution >= 4 is 11.8 Å². The van der Waals surface area contributed by atoms with E-state index in [2.05, 4.69) is 12.1 Å². The van der Waals surface area contributed by atoms with E-state index in [4.69, 9.17) is 9.15 Å². The monoisotopic (exact) mass is 492 g/mol. The second-order valence-corrected chi connectivity index (χ2v) is 9.13. The van der Waals surface area contributed by atoms with Crippen LogP contribution in [-0.2, 0) is 27.4 Å². The number of amides is 2. The average molecular weight is 493 g/mol. The minimum atomic E-state index is -0.328. The van der Waals surface area contributed by atoms with Gasteiger partial charge in [0.05, 0.1) is 19.4 Å². The number of hydrogen-bond acceptors (Lipinski definition) is 4. The molecule has 1 aliphatic rings. The molecule has 4 rings (SSSR count). The summed E-state index contributed by atoms with van der Waals surface area (Å²) in [6, 6.07) is 19.7. The lowest BCUT2D eigenvalue weighted by molar-refractivity contribution is -0.142. The van der Waals surface area contributed by atoms with Crippen molar-refractivity contribution in [1.29, 1.82) is 0 Å². The molecular formula is C29H33FN2O4. The molecule has 1 heterocycles. The first-order valence-corrected chi connectivity index (χ1v) is 12.5. The van der Waals surface area contributed by atoms with Crippen molar-refractivity contribution in [3.63, 3.8) is 0 Å². The van der Waals surface area contributed by atoms with E-state index in [0.29, 0.717) is 31.9 Å². The van der Waals surface area contributed by atoms with Gasteiger partial charge in [0.15, 0.2) is 0 Å². The number of halogens is 1. The normalized spacial score (nSPS) is 16.5. The molecule has 0 saturated heterocycles. The molecule has 2 unspecified atom stereocenters. The van der Waals surface area contributed by atoms with Crippen molar-refractivity contribution in [2.75, 3.05) is 26.3 Å². The summed E-state index contributed by atoms with van der Waals surface area (Å²) in [5.41, 5.74) is 1.96. The second kappa shape index (κ2) is 12.5. The van der Waals surface area contributed by atoms with Gasteiger partial charge in [0.2, 0.25) is 11.8 Å². The van der Waals surface area contributed by atoms with Crippen molar-refractivity contribution in [2.45, 2.75) is 38.8 Å². The molecule has 7 heteroatoms. The first kappa shape index (κ1) is 25.6. The zero-order chi connectivity index (χ0) is 25.3. The number of carbonyl (C=O) groups excluding carboxylic acids is 2. The van der Waals surface area contributed by atoms with Gasteiger partial charge >= 0.3 is 0 Å². The van der Waals surface area contributed by atoms with E-state index in [-0.39, 0.29) is 49.1 Å². The summed E-state index contributed by atoms with van der Waals surface area (Å²) in [6.45, 7) is 4.06. The second-order valence-electron chi connectivity index (χ2n) is 9.13. The highest BCUT2D eigenvalue weighted by Crippen LogP contribution is 2.48. The van der Waals surface area contributed by atoms with Crippen LogP contribution in [0.2, 0.25) is 0 Å². The standard InChI is InChI=1S/C29H33FN2O4/c1-2-35-16-7-15-31(29(34)27-18-26(27)23-8-4-3-5-9-23)21-28(33)32(20-25-10-6-17-36-25)19-22-11-13-24(30)14-12-22/h3-6,8-14,17,26-27H,2,7,15-16,18-21H2,1H3. The van der Waals surface area contributed by atoms with Crippen LogP contribution in [0.3, 0.4) is 0 Å². The van der Waals surface area contributed by atoms with Crippen LogP contribution in [0, 0.1) is 11.7 Å². The highest BCUT2D eigenvalue weighted by Gasteiger charge is 2.46. The molecule has 0 spiro atoms. The third-order valence-corrected chi connectivity index (χ3v) is 6.46. The summed E-state index contributed by atoms with van der Waals surface area (Å²) in [4.78, 5) is 30.3. The molecule has 0 N–H and O–H groups in total. The summed E-state index contributed by atoms with van der Waals surface area (Å²) < 4.78 is 24.3. The molecule has 2 aromatic carbocycles. The van der Waals surface area contributed by atoms with E-state index in [9.17, 15) is 14.0 Å². The smallest absolute Gasteiger partial charge is 0.242 e.